The molecule has 1 aliphatic heterocycles. The third kappa shape index (κ3) is 12.3. The molecule has 9 heterocycles. The quantitative estimate of drug-likeness (QED) is 0.141. The zero-order chi connectivity index (χ0) is 60.9. The summed E-state index contributed by atoms with van der Waals surface area (Å²) in [5.74, 6) is 7.43. The minimum Gasteiger partial charge on any atom is -0.303 e. The first kappa shape index (κ1) is 59.5. The smallest absolute Gasteiger partial charge is 0.241 e. The Kier molecular flexibility index (Phi) is 17.1. The highest BCUT2D eigenvalue weighted by Crippen LogP contribution is 2.30. The number of fused-ring (bicyclic) bond motifs is 9. The molecule has 0 fully saturated rings. The van der Waals surface area contributed by atoms with Crippen molar-refractivity contribution in [1.29, 1.82) is 0 Å². The maximum atomic E-state index is 5.99. The molecule has 17 nitrogen and oxygen atoms in total. The van der Waals surface area contributed by atoms with Crippen molar-refractivity contribution in [1.82, 2.24) is 82.3 Å². The van der Waals surface area contributed by atoms with Crippen LogP contribution in [-0.4, -0.2) is 82.3 Å². The van der Waals surface area contributed by atoms with E-state index < -0.39 is 0 Å². The lowest BCUT2D eigenvalue weighted by atomic mass is 10.1. The van der Waals surface area contributed by atoms with Gasteiger partial charge in [0.1, 0.15) is 5.82 Å². The molecule has 0 atom stereocenters. The van der Waals surface area contributed by atoms with Crippen LogP contribution in [0.15, 0.2) is 292 Å². The number of hydrogen-bond donors (Lipinski definition) is 0. The van der Waals surface area contributed by atoms with Crippen LogP contribution in [0.1, 0.15) is 26.2 Å². The van der Waals surface area contributed by atoms with E-state index >= 15 is 0 Å². The lowest BCUT2D eigenvalue weighted by Gasteiger charge is -2.09. The molecule has 0 unspecified atom stereocenters. The molecule has 18 heteroatoms. The van der Waals surface area contributed by atoms with E-state index in [0.29, 0.717) is 46.8 Å². The maximum Gasteiger partial charge on any atom is 0.241 e. The van der Waals surface area contributed by atoms with Gasteiger partial charge in [0.05, 0.1) is 27.8 Å². The van der Waals surface area contributed by atoms with E-state index in [2.05, 4.69) is 72.0 Å². The normalized spacial score (nSPS) is 11.1. The van der Waals surface area contributed by atoms with Gasteiger partial charge in [-0.15, -0.1) is 0 Å². The van der Waals surface area contributed by atoms with Crippen molar-refractivity contribution >= 4 is 45.2 Å². The Morgan fingerprint density at radius 1 is 0.301 bits per heavy atom. The Hall–Kier alpha value is -12.5. The van der Waals surface area contributed by atoms with Gasteiger partial charge in [0.2, 0.25) is 28.7 Å². The Balaban J connectivity index is 0.000000118. The lowest BCUT2D eigenvalue weighted by molar-refractivity contribution is 0.919. The van der Waals surface area contributed by atoms with Crippen molar-refractivity contribution in [2.24, 2.45) is 0 Å². The summed E-state index contributed by atoms with van der Waals surface area (Å²) in [6, 6.07) is 83.9. The van der Waals surface area contributed by atoms with Crippen LogP contribution in [-0.2, 0) is 6.42 Å². The third-order valence-electron chi connectivity index (χ3n) is 15.1. The second kappa shape index (κ2) is 26.7. The molecular weight excluding hydrogens is 1170 g/mol. The molecule has 0 saturated heterocycles. The van der Waals surface area contributed by atoms with Crippen LogP contribution in [0.25, 0.3) is 120 Å². The molecule has 0 spiro atoms. The molecule has 0 bridgehead atoms. The number of para-hydroxylation sites is 5. The highest BCUT2D eigenvalue weighted by Gasteiger charge is 2.21. The van der Waals surface area contributed by atoms with E-state index in [-0.39, 0.29) is 20.1 Å². The summed E-state index contributed by atoms with van der Waals surface area (Å²) < 4.78 is 10.1. The molecular formula is C75H58ClN17. The number of rotatable bonds is 8. The molecule has 9 aromatic carbocycles. The van der Waals surface area contributed by atoms with Gasteiger partial charge in [-0.2, -0.15) is 29.9 Å². The van der Waals surface area contributed by atoms with E-state index in [4.69, 9.17) is 46.5 Å². The van der Waals surface area contributed by atoms with Crippen molar-refractivity contribution in [3.63, 3.8) is 0 Å². The molecule has 0 saturated carbocycles. The van der Waals surface area contributed by atoms with Crippen molar-refractivity contribution in [2.75, 3.05) is 0 Å². The first-order valence-electron chi connectivity index (χ1n) is 29.3. The summed E-state index contributed by atoms with van der Waals surface area (Å²) in [6.07, 6.45) is 12.5. The predicted molar refractivity (Wildman–Crippen MR) is 368 cm³/mol. The van der Waals surface area contributed by atoms with Crippen molar-refractivity contribution < 1.29 is 0 Å². The highest BCUT2D eigenvalue weighted by molar-refractivity contribution is 6.28. The van der Waals surface area contributed by atoms with Crippen molar-refractivity contribution in [2.45, 2.75) is 21.3 Å². The lowest BCUT2D eigenvalue weighted by Crippen LogP contribution is -2.06. The second-order valence-electron chi connectivity index (χ2n) is 20.9. The average molecular weight is 1230 g/mol. The Labute approximate surface area is 540 Å². The van der Waals surface area contributed by atoms with Crippen LogP contribution in [0, 0.1) is 0 Å². The van der Waals surface area contributed by atoms with E-state index in [9.17, 15) is 0 Å². The monoisotopic (exact) mass is 1230 g/mol. The zero-order valence-corrected chi connectivity index (χ0v) is 49.2. The van der Waals surface area contributed by atoms with Crippen LogP contribution in [0.4, 0.5) is 0 Å². The second-order valence-corrected chi connectivity index (χ2v) is 21.2. The van der Waals surface area contributed by atoms with Crippen molar-refractivity contribution in [3.05, 3.63) is 309 Å². The summed E-state index contributed by atoms with van der Waals surface area (Å²) in [5.41, 5.74) is 12.3. The van der Waals surface area contributed by atoms with E-state index in [1.165, 1.54) is 11.3 Å². The molecule has 0 radical (unpaired) electrons. The highest BCUT2D eigenvalue weighted by atomic mass is 35.5. The first-order valence-corrected chi connectivity index (χ1v) is 29.6. The molecule has 93 heavy (non-hydrogen) atoms. The number of halogens is 1. The van der Waals surface area contributed by atoms with Crippen LogP contribution >= 0.6 is 11.6 Å². The average Bonchev–Trinajstić information content (AvgIpc) is 1.64. The minimum atomic E-state index is 0. The van der Waals surface area contributed by atoms with Gasteiger partial charge in [0.25, 0.3) is 0 Å². The molecule has 0 aliphatic carbocycles. The van der Waals surface area contributed by atoms with Gasteiger partial charge in [-0.05, 0) is 47.5 Å². The van der Waals surface area contributed by atoms with Gasteiger partial charge in [-0.3, -0.25) is 13.4 Å². The first-order chi connectivity index (χ1) is 45.0. The fourth-order valence-corrected chi connectivity index (χ4v) is 11.0. The van der Waals surface area contributed by atoms with Crippen LogP contribution in [0.3, 0.4) is 0 Å². The van der Waals surface area contributed by atoms with Gasteiger partial charge in [-0.1, -0.05) is 239 Å². The van der Waals surface area contributed by atoms with Gasteiger partial charge >= 0.3 is 0 Å². The molecule has 1 aliphatic rings. The number of hydrogen-bond acceptors (Lipinski definition) is 12. The van der Waals surface area contributed by atoms with E-state index in [0.717, 1.165) is 79.2 Å². The Morgan fingerprint density at radius 3 is 1.20 bits per heavy atom. The standard InChI is InChI=1S/2C24H16N6.C15H10ClN3.C10H8N2.2CH4/c1-3-9-17(10-4-1)21-26-22(18-11-5-2-6-12-18)28-23(27-21)30-16-15-29-20-14-8-7-13-19(20)25-24(29)30;1-3-9-17(10-4-1)21-26-22(18-11-5-2-6-12-18)28-23(27-21)30-20-14-8-7-13-19(20)29-16-15-25-24(29)30;16-15-18-13(11-7-3-1-4-8-11)17-14(19-15)12-9-5-2-6-10-12;1-2-4-9-8(3-1)7-10-11-5-6-12(9)10;;/h2*1-16H;1-10H;1-6H,7H2;2*1H4. The number of nitrogens with zero attached hydrogens (tertiary/aromatic N) is 17. The van der Waals surface area contributed by atoms with Gasteiger partial charge in [-0.25, -0.2) is 34.5 Å². The number of benzene rings is 9. The van der Waals surface area contributed by atoms with Crippen LogP contribution in [0.5, 0.6) is 0 Å². The van der Waals surface area contributed by atoms with Gasteiger partial charge < -0.3 is 4.57 Å². The zero-order valence-electron chi connectivity index (χ0n) is 48.4. The molecule has 450 valence electrons. The fourth-order valence-electron chi connectivity index (χ4n) is 10.9. The molecule has 18 rings (SSSR count). The molecule has 17 aromatic rings. The Bertz CT molecular complexity index is 5170. The van der Waals surface area contributed by atoms with E-state index in [1.807, 2.05) is 261 Å². The summed E-state index contributed by atoms with van der Waals surface area (Å²) in [5, 5.41) is 0.202. The minimum absolute atomic E-state index is 0. The third-order valence-corrected chi connectivity index (χ3v) is 15.3. The predicted octanol–water partition coefficient (Wildman–Crippen LogP) is 16.5. The Morgan fingerprint density at radius 2 is 0.699 bits per heavy atom. The summed E-state index contributed by atoms with van der Waals surface area (Å²) in [7, 11) is 0. The molecule has 0 amide bonds. The van der Waals surface area contributed by atoms with Gasteiger partial charge in [0, 0.05) is 77.0 Å². The fraction of sp³-hybridized carbons (Fsp3) is 0.0400. The van der Waals surface area contributed by atoms with Crippen molar-refractivity contribution in [3.8, 4) is 85.9 Å². The summed E-state index contributed by atoms with van der Waals surface area (Å²) in [4.78, 5) is 55.2. The molecule has 0 N–H and O–H groups in total. The summed E-state index contributed by atoms with van der Waals surface area (Å²) in [6.45, 7) is 0. The molecule has 8 aromatic heterocycles. The SMILES string of the molecule is C.C.Clc1nc(-c2ccccc2)nc(-c2ccccc2)n1.c1ccc(-c2nc(-c3ccccc3)nc(-n3c4ccccc4n4ccnc34)n2)cc1.c1ccc(-c2nc(-c3ccccc3)nc(-n3ccn4c5ccccc5nc34)n2)cc1.c1ccc2c(c1)Cc1nccn1-2. The van der Waals surface area contributed by atoms with E-state index in [1.54, 1.807) is 6.20 Å². The van der Waals surface area contributed by atoms with Gasteiger partial charge in [0.15, 0.2) is 34.9 Å². The largest absolute Gasteiger partial charge is 0.303 e. The van der Waals surface area contributed by atoms with Crippen LogP contribution in [0.2, 0.25) is 5.28 Å². The summed E-state index contributed by atoms with van der Waals surface area (Å²) >= 11 is 5.99. The number of imidazole rings is 5. The maximum absolute atomic E-state index is 5.99. The topological polar surface area (TPSA) is 178 Å². The number of aromatic nitrogens is 17. The van der Waals surface area contributed by atoms with Crippen LogP contribution < -0.4 is 0 Å².